The first-order valence-corrected chi connectivity index (χ1v) is 3.62. The molecule has 0 aliphatic rings. The molecule has 0 saturated heterocycles. The zero-order valence-electron chi connectivity index (χ0n) is 6.32. The van der Waals surface area contributed by atoms with Crippen LogP contribution in [0, 0.1) is 0 Å². The fraction of sp³-hybridized carbons (Fsp3) is 0. The van der Waals surface area contributed by atoms with Crippen molar-refractivity contribution in [3.05, 3.63) is 42.2 Å². The van der Waals surface area contributed by atoms with E-state index in [0.717, 1.165) is 10.8 Å². The van der Waals surface area contributed by atoms with Gasteiger partial charge in [-0.3, -0.25) is 9.78 Å². The number of carbonyl (C=O) groups excluding carboxylic acids is 1. The van der Waals surface area contributed by atoms with Crippen molar-refractivity contribution in [3.63, 3.8) is 0 Å². The monoisotopic (exact) mass is 156 g/mol. The summed E-state index contributed by atoms with van der Waals surface area (Å²) in [6.45, 7) is 0. The van der Waals surface area contributed by atoms with Gasteiger partial charge >= 0.3 is 0 Å². The standard InChI is InChI=1S/C10H6NO/c12-7-8-1-2-9-3-4-11-6-10(9)5-8/h1-6H. The highest BCUT2D eigenvalue weighted by Gasteiger charge is 1.94. The van der Waals surface area contributed by atoms with Crippen molar-refractivity contribution >= 4 is 17.1 Å². The average Bonchev–Trinajstić information content (AvgIpc) is 2.17. The maximum atomic E-state index is 10.3. The molecular formula is C10H6NO. The van der Waals surface area contributed by atoms with E-state index in [1.807, 2.05) is 18.4 Å². The van der Waals surface area contributed by atoms with Crippen molar-refractivity contribution in [3.8, 4) is 0 Å². The minimum atomic E-state index is 0.565. The van der Waals surface area contributed by atoms with E-state index in [4.69, 9.17) is 0 Å². The number of rotatable bonds is 1. The summed E-state index contributed by atoms with van der Waals surface area (Å²) >= 11 is 0. The summed E-state index contributed by atoms with van der Waals surface area (Å²) < 4.78 is 0. The third-order valence-electron chi connectivity index (χ3n) is 1.76. The molecule has 57 valence electrons. The average molecular weight is 156 g/mol. The summed E-state index contributed by atoms with van der Waals surface area (Å²) in [5.41, 5.74) is 0.565. The Morgan fingerprint density at radius 2 is 2.08 bits per heavy atom. The van der Waals surface area contributed by atoms with E-state index in [1.165, 1.54) is 0 Å². The topological polar surface area (TPSA) is 30.0 Å². The van der Waals surface area contributed by atoms with Gasteiger partial charge < -0.3 is 0 Å². The zero-order valence-corrected chi connectivity index (χ0v) is 6.32. The molecule has 0 amide bonds. The predicted octanol–water partition coefficient (Wildman–Crippen LogP) is 1.69. The van der Waals surface area contributed by atoms with Gasteiger partial charge in [0.1, 0.15) is 0 Å². The second-order valence-corrected chi connectivity index (χ2v) is 2.54. The lowest BCUT2D eigenvalue weighted by molar-refractivity contribution is 0.563. The third kappa shape index (κ3) is 1.07. The van der Waals surface area contributed by atoms with E-state index in [1.54, 1.807) is 24.5 Å². The molecule has 0 aliphatic carbocycles. The summed E-state index contributed by atoms with van der Waals surface area (Å²) in [4.78, 5) is 14.3. The fourth-order valence-electron chi connectivity index (χ4n) is 1.15. The number of fused-ring (bicyclic) bond motifs is 1. The van der Waals surface area contributed by atoms with Crippen LogP contribution in [-0.2, 0) is 4.79 Å². The summed E-state index contributed by atoms with van der Waals surface area (Å²) in [6, 6.07) is 7.31. The lowest BCUT2D eigenvalue weighted by Gasteiger charge is -1.95. The van der Waals surface area contributed by atoms with Gasteiger partial charge in [-0.2, -0.15) is 0 Å². The molecule has 2 rings (SSSR count). The minimum Gasteiger partial charge on any atom is -0.285 e. The van der Waals surface area contributed by atoms with Crippen LogP contribution < -0.4 is 0 Å². The summed E-state index contributed by atoms with van der Waals surface area (Å²) in [5.74, 6) is 0. The van der Waals surface area contributed by atoms with E-state index >= 15 is 0 Å². The number of aromatic nitrogens is 1. The van der Waals surface area contributed by atoms with Crippen molar-refractivity contribution < 1.29 is 4.79 Å². The van der Waals surface area contributed by atoms with Gasteiger partial charge in [0.2, 0.25) is 6.29 Å². The first-order valence-electron chi connectivity index (χ1n) is 3.62. The summed E-state index contributed by atoms with van der Waals surface area (Å²) in [7, 11) is 0. The normalized spacial score (nSPS) is 10.0. The Balaban J connectivity index is 2.75. The Bertz CT molecular complexity index is 423. The number of hydrogen-bond acceptors (Lipinski definition) is 2. The van der Waals surface area contributed by atoms with Crippen LogP contribution in [0.25, 0.3) is 10.8 Å². The van der Waals surface area contributed by atoms with Gasteiger partial charge in [-0.25, -0.2) is 0 Å². The number of pyridine rings is 1. The smallest absolute Gasteiger partial charge is 0.233 e. The molecule has 0 N–H and O–H groups in total. The van der Waals surface area contributed by atoms with Crippen LogP contribution in [0.2, 0.25) is 0 Å². The van der Waals surface area contributed by atoms with Crippen LogP contribution in [0.15, 0.2) is 36.7 Å². The molecule has 2 nitrogen and oxygen atoms in total. The van der Waals surface area contributed by atoms with Gasteiger partial charge in [0.05, 0.1) is 0 Å². The first-order chi connectivity index (χ1) is 5.90. The van der Waals surface area contributed by atoms with Crippen molar-refractivity contribution in [2.75, 3.05) is 0 Å². The Labute approximate surface area is 69.9 Å². The van der Waals surface area contributed by atoms with Gasteiger partial charge in [0.25, 0.3) is 0 Å². The van der Waals surface area contributed by atoms with Gasteiger partial charge in [-0.1, -0.05) is 12.1 Å². The zero-order chi connectivity index (χ0) is 8.39. The molecule has 1 heterocycles. The lowest BCUT2D eigenvalue weighted by atomic mass is 10.1. The number of hydrogen-bond donors (Lipinski definition) is 0. The first kappa shape index (κ1) is 6.98. The van der Waals surface area contributed by atoms with Crippen LogP contribution in [0.1, 0.15) is 5.56 Å². The minimum absolute atomic E-state index is 0.565. The highest BCUT2D eigenvalue weighted by atomic mass is 16.1. The van der Waals surface area contributed by atoms with E-state index in [2.05, 4.69) is 4.98 Å². The second kappa shape index (κ2) is 2.74. The number of benzene rings is 1. The van der Waals surface area contributed by atoms with Gasteiger partial charge in [0, 0.05) is 23.3 Å². The molecule has 0 saturated carbocycles. The Hall–Kier alpha value is -1.70. The van der Waals surface area contributed by atoms with Crippen molar-refractivity contribution in [2.24, 2.45) is 0 Å². The molecule has 0 aliphatic heterocycles. The van der Waals surface area contributed by atoms with E-state index in [9.17, 15) is 4.79 Å². The van der Waals surface area contributed by atoms with Crippen LogP contribution in [-0.4, -0.2) is 11.3 Å². The van der Waals surface area contributed by atoms with E-state index in [0.29, 0.717) is 5.56 Å². The Morgan fingerprint density at radius 1 is 1.17 bits per heavy atom. The molecule has 1 aromatic heterocycles. The summed E-state index contributed by atoms with van der Waals surface area (Å²) in [5, 5.41) is 2.06. The Morgan fingerprint density at radius 3 is 2.92 bits per heavy atom. The molecule has 2 aromatic rings. The van der Waals surface area contributed by atoms with Crippen molar-refractivity contribution in [1.29, 1.82) is 0 Å². The molecule has 0 bridgehead atoms. The van der Waals surface area contributed by atoms with Crippen LogP contribution in [0.4, 0.5) is 0 Å². The van der Waals surface area contributed by atoms with Gasteiger partial charge in [-0.05, 0) is 17.5 Å². The quantitative estimate of drug-likeness (QED) is 0.628. The summed E-state index contributed by atoms with van der Waals surface area (Å²) in [6.07, 6.45) is 5.30. The maximum Gasteiger partial charge on any atom is 0.233 e. The molecule has 1 aromatic carbocycles. The predicted molar refractivity (Wildman–Crippen MR) is 46.5 cm³/mol. The van der Waals surface area contributed by atoms with Crippen LogP contribution >= 0.6 is 0 Å². The largest absolute Gasteiger partial charge is 0.285 e. The highest BCUT2D eigenvalue weighted by molar-refractivity contribution is 5.88. The molecule has 2 heteroatoms. The Kier molecular flexibility index (Phi) is 1.59. The molecular weight excluding hydrogens is 150 g/mol. The van der Waals surface area contributed by atoms with E-state index < -0.39 is 0 Å². The molecule has 0 fully saturated rings. The van der Waals surface area contributed by atoms with E-state index in [-0.39, 0.29) is 0 Å². The second-order valence-electron chi connectivity index (χ2n) is 2.54. The molecule has 1 radical (unpaired) electrons. The SMILES string of the molecule is O=[C]c1ccc2ccncc2c1. The highest BCUT2D eigenvalue weighted by Crippen LogP contribution is 2.12. The lowest BCUT2D eigenvalue weighted by Crippen LogP contribution is -1.80. The molecule has 0 atom stereocenters. The van der Waals surface area contributed by atoms with Gasteiger partial charge in [-0.15, -0.1) is 0 Å². The molecule has 0 spiro atoms. The fourth-order valence-corrected chi connectivity index (χ4v) is 1.15. The van der Waals surface area contributed by atoms with Crippen molar-refractivity contribution in [1.82, 2.24) is 4.98 Å². The van der Waals surface area contributed by atoms with Crippen molar-refractivity contribution in [2.45, 2.75) is 0 Å². The van der Waals surface area contributed by atoms with Crippen LogP contribution in [0.3, 0.4) is 0 Å². The third-order valence-corrected chi connectivity index (χ3v) is 1.76. The van der Waals surface area contributed by atoms with Gasteiger partial charge in [0.15, 0.2) is 0 Å². The van der Waals surface area contributed by atoms with Crippen LogP contribution in [0.5, 0.6) is 0 Å². The number of nitrogens with zero attached hydrogens (tertiary/aromatic N) is 1. The molecule has 12 heavy (non-hydrogen) atoms. The molecule has 0 unspecified atom stereocenters. The maximum absolute atomic E-state index is 10.3.